The van der Waals surface area contributed by atoms with Gasteiger partial charge in [0, 0.05) is 37.6 Å². The van der Waals surface area contributed by atoms with Crippen LogP contribution in [0.5, 0.6) is 5.75 Å². The molecule has 1 aromatic carbocycles. The topological polar surface area (TPSA) is 83.8 Å². The summed E-state index contributed by atoms with van der Waals surface area (Å²) >= 11 is 0. The summed E-state index contributed by atoms with van der Waals surface area (Å²) < 4.78 is 20.9. The van der Waals surface area contributed by atoms with Crippen LogP contribution in [0.2, 0.25) is 0 Å². The van der Waals surface area contributed by atoms with Crippen LogP contribution in [0, 0.1) is 5.82 Å². The van der Waals surface area contributed by atoms with Crippen molar-refractivity contribution in [3.8, 4) is 5.75 Å². The number of carbonyl (C=O) groups excluding carboxylic acids is 1. The molecule has 4 rings (SSSR count). The third-order valence-electron chi connectivity index (χ3n) is 5.64. The Morgan fingerprint density at radius 2 is 2.11 bits per heavy atom. The zero-order valence-electron chi connectivity index (χ0n) is 15.8. The van der Waals surface area contributed by atoms with Crippen molar-refractivity contribution in [3.05, 3.63) is 39.4 Å². The van der Waals surface area contributed by atoms with Crippen molar-refractivity contribution in [1.29, 1.82) is 0 Å². The number of nitrogens with one attached hydrogen (secondary N) is 1. The highest BCUT2D eigenvalue weighted by Gasteiger charge is 2.28. The van der Waals surface area contributed by atoms with Gasteiger partial charge in [0.05, 0.1) is 18.7 Å². The zero-order chi connectivity index (χ0) is 19.8. The zero-order valence-corrected chi connectivity index (χ0v) is 15.8. The summed E-state index contributed by atoms with van der Waals surface area (Å²) in [4.78, 5) is 27.9. The summed E-state index contributed by atoms with van der Waals surface area (Å²) in [6.45, 7) is 5.79. The molecule has 7 nitrogen and oxygen atoms in total. The van der Waals surface area contributed by atoms with Crippen LogP contribution in [0.25, 0.3) is 10.9 Å². The van der Waals surface area contributed by atoms with Gasteiger partial charge in [-0.05, 0) is 37.5 Å². The maximum absolute atomic E-state index is 14.0. The highest BCUT2D eigenvalue weighted by atomic mass is 19.1. The Kier molecular flexibility index (Phi) is 5.07. The molecule has 0 spiro atoms. The second kappa shape index (κ2) is 7.52. The fourth-order valence-electron chi connectivity index (χ4n) is 4.13. The van der Waals surface area contributed by atoms with Crippen molar-refractivity contribution < 1.29 is 19.0 Å². The van der Waals surface area contributed by atoms with Crippen molar-refractivity contribution in [2.24, 2.45) is 0 Å². The van der Waals surface area contributed by atoms with Crippen molar-refractivity contribution in [2.45, 2.75) is 25.8 Å². The minimum Gasteiger partial charge on any atom is -0.506 e. The molecule has 2 aromatic rings. The number of benzene rings is 1. The molecule has 2 aliphatic heterocycles. The third-order valence-corrected chi connectivity index (χ3v) is 5.64. The number of hydrogen-bond donors (Lipinski definition) is 2. The average Bonchev–Trinajstić information content (AvgIpc) is 2.67. The molecular weight excluding hydrogens is 365 g/mol. The number of morpholine rings is 1. The first-order valence-electron chi connectivity index (χ1n) is 9.65. The average molecular weight is 389 g/mol. The largest absolute Gasteiger partial charge is 0.506 e. The summed E-state index contributed by atoms with van der Waals surface area (Å²) in [6, 6.07) is 2.45. The number of amides is 1. The summed E-state index contributed by atoms with van der Waals surface area (Å²) in [7, 11) is 0. The van der Waals surface area contributed by atoms with Gasteiger partial charge in [-0.15, -0.1) is 0 Å². The molecule has 8 heteroatoms. The third kappa shape index (κ3) is 3.27. The molecule has 0 radical (unpaired) electrons. The van der Waals surface area contributed by atoms with Gasteiger partial charge in [-0.1, -0.05) is 0 Å². The highest BCUT2D eigenvalue weighted by Crippen LogP contribution is 2.35. The normalized spacial score (nSPS) is 19.7. The summed E-state index contributed by atoms with van der Waals surface area (Å²) in [5.74, 6) is -1.57. The smallest absolute Gasteiger partial charge is 0.267 e. The van der Waals surface area contributed by atoms with Crippen LogP contribution < -0.4 is 10.9 Å². The van der Waals surface area contributed by atoms with Crippen molar-refractivity contribution >= 4 is 16.8 Å². The Morgan fingerprint density at radius 3 is 2.86 bits per heavy atom. The van der Waals surface area contributed by atoms with E-state index in [0.29, 0.717) is 50.2 Å². The number of carbonyl (C=O) groups is 1. The van der Waals surface area contributed by atoms with E-state index in [2.05, 4.69) is 10.2 Å². The standard InChI is InChI=1S/C20H24FN3O4/c1-12-2-3-13-10-14(21)11-15-17(13)24(12)20(27)16(18(15)25)19(26)22-4-5-23-6-8-28-9-7-23/h10-12,25H,2-9H2,1H3,(H,22,26)/t12-/m1/s1. The molecule has 1 fully saturated rings. The number of halogens is 1. The lowest BCUT2D eigenvalue weighted by Gasteiger charge is -2.27. The number of aryl methyl sites for hydroxylation is 1. The Balaban J connectivity index is 1.67. The molecular formula is C20H24FN3O4. The van der Waals surface area contributed by atoms with E-state index in [0.717, 1.165) is 13.1 Å². The summed E-state index contributed by atoms with van der Waals surface area (Å²) in [5.41, 5.74) is 0.348. The predicted octanol–water partition coefficient (Wildman–Crippen LogP) is 1.42. The van der Waals surface area contributed by atoms with Gasteiger partial charge in [-0.2, -0.15) is 0 Å². The fraction of sp³-hybridized carbons (Fsp3) is 0.500. The lowest BCUT2D eigenvalue weighted by molar-refractivity contribution is 0.0383. The minimum atomic E-state index is -0.634. The van der Waals surface area contributed by atoms with Gasteiger partial charge in [0.15, 0.2) is 0 Å². The molecule has 1 atom stereocenters. The van der Waals surface area contributed by atoms with E-state index in [4.69, 9.17) is 4.74 Å². The Labute approximate surface area is 161 Å². The first-order valence-corrected chi connectivity index (χ1v) is 9.65. The number of rotatable bonds is 4. The number of aromatic nitrogens is 1. The molecule has 0 aliphatic carbocycles. The number of aromatic hydroxyl groups is 1. The summed E-state index contributed by atoms with van der Waals surface area (Å²) in [5, 5.41) is 13.6. The molecule has 0 saturated carbocycles. The molecule has 2 aliphatic rings. The van der Waals surface area contributed by atoms with Crippen LogP contribution in [0.15, 0.2) is 16.9 Å². The molecule has 0 unspecified atom stereocenters. The van der Waals surface area contributed by atoms with Crippen molar-refractivity contribution in [2.75, 3.05) is 39.4 Å². The van der Waals surface area contributed by atoms with Crippen LogP contribution in [0.1, 0.15) is 35.3 Å². The van der Waals surface area contributed by atoms with Gasteiger partial charge in [0.1, 0.15) is 17.1 Å². The van der Waals surface area contributed by atoms with E-state index in [-0.39, 0.29) is 17.0 Å². The van der Waals surface area contributed by atoms with Gasteiger partial charge in [-0.25, -0.2) is 4.39 Å². The van der Waals surface area contributed by atoms with Crippen molar-refractivity contribution in [3.63, 3.8) is 0 Å². The number of ether oxygens (including phenoxy) is 1. The minimum absolute atomic E-state index is 0.131. The maximum Gasteiger partial charge on any atom is 0.267 e. The van der Waals surface area contributed by atoms with Crippen LogP contribution in [-0.2, 0) is 11.2 Å². The summed E-state index contributed by atoms with van der Waals surface area (Å²) in [6.07, 6.45) is 1.30. The van der Waals surface area contributed by atoms with Gasteiger partial charge >= 0.3 is 0 Å². The molecule has 1 saturated heterocycles. The molecule has 3 heterocycles. The van der Waals surface area contributed by atoms with Crippen molar-refractivity contribution in [1.82, 2.24) is 14.8 Å². The van der Waals surface area contributed by atoms with Crippen LogP contribution in [0.4, 0.5) is 4.39 Å². The van der Waals surface area contributed by atoms with E-state index >= 15 is 0 Å². The van der Waals surface area contributed by atoms with Gasteiger partial charge in [0.25, 0.3) is 11.5 Å². The van der Waals surface area contributed by atoms with Crippen LogP contribution >= 0.6 is 0 Å². The van der Waals surface area contributed by atoms with Gasteiger partial charge in [-0.3, -0.25) is 14.5 Å². The van der Waals surface area contributed by atoms with E-state index in [1.54, 1.807) is 0 Å². The SMILES string of the molecule is C[C@@H]1CCc2cc(F)cc3c(O)c(C(=O)NCCN4CCOCC4)c(=O)n1c23. The quantitative estimate of drug-likeness (QED) is 0.826. The molecule has 150 valence electrons. The molecule has 0 bridgehead atoms. The van der Waals surface area contributed by atoms with Crippen LogP contribution in [-0.4, -0.2) is 59.9 Å². The number of nitrogens with zero attached hydrogens (tertiary/aromatic N) is 2. The first kappa shape index (κ1) is 18.9. The number of pyridine rings is 1. The molecule has 1 aromatic heterocycles. The Bertz CT molecular complexity index is 982. The monoisotopic (exact) mass is 389 g/mol. The predicted molar refractivity (Wildman–Crippen MR) is 102 cm³/mol. The lowest BCUT2D eigenvalue weighted by atomic mass is 9.95. The maximum atomic E-state index is 14.0. The highest BCUT2D eigenvalue weighted by molar-refractivity contribution is 6.03. The fourth-order valence-corrected chi connectivity index (χ4v) is 4.13. The second-order valence-corrected chi connectivity index (χ2v) is 7.46. The number of hydrogen-bond acceptors (Lipinski definition) is 5. The Hall–Kier alpha value is -2.45. The van der Waals surface area contributed by atoms with Gasteiger partial charge in [0.2, 0.25) is 0 Å². The molecule has 1 amide bonds. The first-order chi connectivity index (χ1) is 13.5. The second-order valence-electron chi connectivity index (χ2n) is 7.46. The van der Waals surface area contributed by atoms with E-state index in [1.165, 1.54) is 16.7 Å². The van der Waals surface area contributed by atoms with Crippen LogP contribution in [0.3, 0.4) is 0 Å². The molecule has 28 heavy (non-hydrogen) atoms. The van der Waals surface area contributed by atoms with E-state index < -0.39 is 23.0 Å². The lowest BCUT2D eigenvalue weighted by Crippen LogP contribution is -2.42. The molecule has 2 N–H and O–H groups in total. The van der Waals surface area contributed by atoms with E-state index in [9.17, 15) is 19.1 Å². The van der Waals surface area contributed by atoms with E-state index in [1.807, 2.05) is 6.92 Å². The Morgan fingerprint density at radius 1 is 1.36 bits per heavy atom. The van der Waals surface area contributed by atoms with Gasteiger partial charge < -0.3 is 19.7 Å².